The highest BCUT2D eigenvalue weighted by Gasteiger charge is 2.15. The van der Waals surface area contributed by atoms with Crippen LogP contribution in [-0.4, -0.2) is 33.7 Å². The van der Waals surface area contributed by atoms with E-state index in [0.29, 0.717) is 30.1 Å². The van der Waals surface area contributed by atoms with Gasteiger partial charge in [0.15, 0.2) is 5.65 Å². The van der Waals surface area contributed by atoms with Gasteiger partial charge in [0, 0.05) is 11.9 Å². The average molecular weight is 368 g/mol. The van der Waals surface area contributed by atoms with E-state index in [4.69, 9.17) is 9.47 Å². The minimum absolute atomic E-state index is 0.0492. The van der Waals surface area contributed by atoms with Crippen LogP contribution in [0.5, 0.6) is 11.6 Å². The Morgan fingerprint density at radius 3 is 2.56 bits per heavy atom. The van der Waals surface area contributed by atoms with Gasteiger partial charge in [-0.05, 0) is 50.2 Å². The van der Waals surface area contributed by atoms with Crippen LogP contribution in [0.2, 0.25) is 0 Å². The predicted octanol–water partition coefficient (Wildman–Crippen LogP) is 2.23. The normalized spacial score (nSPS) is 10.6. The zero-order valence-electron chi connectivity index (χ0n) is 15.1. The quantitative estimate of drug-likeness (QED) is 0.687. The van der Waals surface area contributed by atoms with Gasteiger partial charge in [-0.3, -0.25) is 14.2 Å². The molecule has 0 atom stereocenters. The van der Waals surface area contributed by atoms with Crippen molar-refractivity contribution in [1.82, 2.24) is 14.5 Å². The van der Waals surface area contributed by atoms with Crippen LogP contribution in [-0.2, 0) is 11.3 Å². The molecule has 3 rings (SSSR count). The van der Waals surface area contributed by atoms with Gasteiger partial charge >= 0.3 is 5.56 Å². The molecule has 0 fully saturated rings. The van der Waals surface area contributed by atoms with E-state index in [1.54, 1.807) is 49.5 Å². The Morgan fingerprint density at radius 1 is 1.11 bits per heavy atom. The second kappa shape index (κ2) is 8.31. The summed E-state index contributed by atoms with van der Waals surface area (Å²) in [6, 6.07) is 10.4. The van der Waals surface area contributed by atoms with Crippen LogP contribution in [0.1, 0.15) is 13.8 Å². The molecule has 0 saturated carbocycles. The zero-order chi connectivity index (χ0) is 19.2. The molecule has 0 radical (unpaired) electrons. The summed E-state index contributed by atoms with van der Waals surface area (Å²) >= 11 is 0. The number of carbonyl (C=O) groups excluding carboxylic acids is 1. The fourth-order valence-corrected chi connectivity index (χ4v) is 2.58. The lowest BCUT2D eigenvalue weighted by atomic mass is 10.3. The molecule has 0 aliphatic carbocycles. The van der Waals surface area contributed by atoms with Gasteiger partial charge in [-0.25, -0.2) is 9.97 Å². The number of fused-ring (bicyclic) bond motifs is 1. The summed E-state index contributed by atoms with van der Waals surface area (Å²) in [6.45, 7) is 4.32. The van der Waals surface area contributed by atoms with Gasteiger partial charge in [-0.15, -0.1) is 0 Å². The van der Waals surface area contributed by atoms with E-state index < -0.39 is 5.56 Å². The first-order chi connectivity index (χ1) is 13.1. The molecule has 0 spiro atoms. The maximum atomic E-state index is 12.6. The maximum absolute atomic E-state index is 12.6. The van der Waals surface area contributed by atoms with Crippen molar-refractivity contribution in [3.8, 4) is 11.6 Å². The molecule has 8 nitrogen and oxygen atoms in total. The Kier molecular flexibility index (Phi) is 5.65. The summed E-state index contributed by atoms with van der Waals surface area (Å²) in [5.41, 5.74) is 0.917. The second-order valence-electron chi connectivity index (χ2n) is 5.59. The number of hydrogen-bond acceptors (Lipinski definition) is 6. The fraction of sp³-hybridized carbons (Fsp3) is 0.263. The number of nitrogens with one attached hydrogen (secondary N) is 1. The van der Waals surface area contributed by atoms with E-state index in [9.17, 15) is 9.59 Å². The van der Waals surface area contributed by atoms with Crippen molar-refractivity contribution < 1.29 is 14.3 Å². The summed E-state index contributed by atoms with van der Waals surface area (Å²) in [5.74, 6) is 0.311. The van der Waals surface area contributed by atoms with Gasteiger partial charge in [0.05, 0.1) is 13.2 Å². The zero-order valence-corrected chi connectivity index (χ0v) is 15.1. The predicted molar refractivity (Wildman–Crippen MR) is 101 cm³/mol. The van der Waals surface area contributed by atoms with Crippen molar-refractivity contribution in [3.63, 3.8) is 0 Å². The summed E-state index contributed by atoms with van der Waals surface area (Å²) < 4.78 is 11.9. The molecule has 2 aromatic heterocycles. The van der Waals surface area contributed by atoms with Crippen molar-refractivity contribution in [2.75, 3.05) is 18.5 Å². The standard InChI is InChI=1S/C19H20N4O4/c1-3-26-14-9-7-13(8-10-14)21-16(24)12-23-17-15(6-5-11-20-17)22-18(19(23)25)27-4-2/h5-11H,3-4,12H2,1-2H3,(H,21,24). The molecule has 3 aromatic rings. The molecule has 1 aromatic carbocycles. The number of amides is 1. The van der Waals surface area contributed by atoms with Gasteiger partial charge in [0.2, 0.25) is 5.91 Å². The highest BCUT2D eigenvalue weighted by Crippen LogP contribution is 2.16. The van der Waals surface area contributed by atoms with Gasteiger partial charge in [-0.1, -0.05) is 0 Å². The van der Waals surface area contributed by atoms with E-state index in [2.05, 4.69) is 15.3 Å². The van der Waals surface area contributed by atoms with Crippen molar-refractivity contribution in [2.45, 2.75) is 20.4 Å². The summed E-state index contributed by atoms with van der Waals surface area (Å²) in [5, 5.41) is 2.76. The SMILES string of the molecule is CCOc1ccc(NC(=O)Cn2c(=O)c(OCC)nc3cccnc32)cc1. The van der Waals surface area contributed by atoms with Crippen LogP contribution in [0.25, 0.3) is 11.2 Å². The number of rotatable bonds is 7. The topological polar surface area (TPSA) is 95.3 Å². The average Bonchev–Trinajstić information content (AvgIpc) is 2.67. The number of nitrogens with zero attached hydrogens (tertiary/aromatic N) is 3. The summed E-state index contributed by atoms with van der Waals surface area (Å²) in [4.78, 5) is 33.4. The smallest absolute Gasteiger partial charge is 0.315 e. The molecule has 0 unspecified atom stereocenters. The van der Waals surface area contributed by atoms with Crippen molar-refractivity contribution in [1.29, 1.82) is 0 Å². The highest BCUT2D eigenvalue weighted by molar-refractivity contribution is 5.91. The minimum atomic E-state index is -0.495. The molecule has 8 heteroatoms. The van der Waals surface area contributed by atoms with Crippen LogP contribution in [0, 0.1) is 0 Å². The van der Waals surface area contributed by atoms with E-state index in [1.165, 1.54) is 4.57 Å². The highest BCUT2D eigenvalue weighted by atomic mass is 16.5. The Hall–Kier alpha value is -3.42. The van der Waals surface area contributed by atoms with Crippen molar-refractivity contribution in [2.24, 2.45) is 0 Å². The summed E-state index contributed by atoms with van der Waals surface area (Å²) in [7, 11) is 0. The molecule has 0 bridgehead atoms. The number of carbonyl (C=O) groups is 1. The third-order valence-corrected chi connectivity index (χ3v) is 3.70. The van der Waals surface area contributed by atoms with Crippen LogP contribution in [0.3, 0.4) is 0 Å². The fourth-order valence-electron chi connectivity index (χ4n) is 2.58. The third kappa shape index (κ3) is 4.22. The molecule has 0 aliphatic heterocycles. The van der Waals surface area contributed by atoms with Crippen LogP contribution in [0.4, 0.5) is 5.69 Å². The number of aromatic nitrogens is 3. The molecule has 0 saturated heterocycles. The lowest BCUT2D eigenvalue weighted by Crippen LogP contribution is -2.30. The van der Waals surface area contributed by atoms with Gasteiger partial charge < -0.3 is 14.8 Å². The van der Waals surface area contributed by atoms with Gasteiger partial charge in [0.1, 0.15) is 17.8 Å². The molecule has 140 valence electrons. The minimum Gasteiger partial charge on any atom is -0.494 e. The molecular formula is C19H20N4O4. The number of benzene rings is 1. The Balaban J connectivity index is 1.85. The molecule has 27 heavy (non-hydrogen) atoms. The Morgan fingerprint density at radius 2 is 1.85 bits per heavy atom. The van der Waals surface area contributed by atoms with Crippen LogP contribution < -0.4 is 20.3 Å². The molecule has 1 amide bonds. The van der Waals surface area contributed by atoms with Gasteiger partial charge in [0.25, 0.3) is 5.88 Å². The largest absolute Gasteiger partial charge is 0.494 e. The first-order valence-corrected chi connectivity index (χ1v) is 8.63. The lowest BCUT2D eigenvalue weighted by Gasteiger charge is -2.12. The number of ether oxygens (including phenoxy) is 2. The Labute approximate surface area is 155 Å². The van der Waals surface area contributed by atoms with Crippen molar-refractivity contribution in [3.05, 3.63) is 52.9 Å². The molecule has 1 N–H and O–H groups in total. The first kappa shape index (κ1) is 18.4. The molecule has 0 aliphatic rings. The van der Waals surface area contributed by atoms with E-state index in [1.807, 2.05) is 6.92 Å². The monoisotopic (exact) mass is 368 g/mol. The number of pyridine rings is 1. The first-order valence-electron chi connectivity index (χ1n) is 8.63. The maximum Gasteiger partial charge on any atom is 0.315 e. The van der Waals surface area contributed by atoms with E-state index in [-0.39, 0.29) is 18.3 Å². The number of anilines is 1. The van der Waals surface area contributed by atoms with E-state index >= 15 is 0 Å². The second-order valence-corrected chi connectivity index (χ2v) is 5.59. The van der Waals surface area contributed by atoms with E-state index in [0.717, 1.165) is 5.75 Å². The third-order valence-electron chi connectivity index (χ3n) is 3.70. The lowest BCUT2D eigenvalue weighted by molar-refractivity contribution is -0.116. The Bertz CT molecular complexity index is 999. The van der Waals surface area contributed by atoms with Gasteiger partial charge in [-0.2, -0.15) is 0 Å². The molecule has 2 heterocycles. The molecular weight excluding hydrogens is 348 g/mol. The van der Waals surface area contributed by atoms with Crippen molar-refractivity contribution >= 4 is 22.8 Å². The van der Waals surface area contributed by atoms with Crippen LogP contribution in [0.15, 0.2) is 47.4 Å². The number of hydrogen-bond donors (Lipinski definition) is 1. The van der Waals surface area contributed by atoms with Crippen LogP contribution >= 0.6 is 0 Å². The summed E-state index contributed by atoms with van der Waals surface area (Å²) in [6.07, 6.45) is 1.55.